The van der Waals surface area contributed by atoms with Crippen LogP contribution in [0.25, 0.3) is 6.08 Å². The van der Waals surface area contributed by atoms with E-state index in [0.29, 0.717) is 11.3 Å². The molecule has 2 heterocycles. The molecule has 5 rings (SSSR count). The van der Waals surface area contributed by atoms with Crippen molar-refractivity contribution in [3.05, 3.63) is 77.0 Å². The Kier molecular flexibility index (Phi) is 6.26. The normalized spacial score (nSPS) is 17.0. The monoisotopic (exact) mass is 431 g/mol. The van der Waals surface area contributed by atoms with Crippen molar-refractivity contribution in [2.24, 2.45) is 0 Å². The van der Waals surface area contributed by atoms with Gasteiger partial charge in [-0.2, -0.15) is 0 Å². The highest BCUT2D eigenvalue weighted by Gasteiger charge is 2.47. The van der Waals surface area contributed by atoms with Crippen LogP contribution in [0.2, 0.25) is 0 Å². The fourth-order valence-electron chi connectivity index (χ4n) is 4.31. The SMILES string of the molecule is C=Cc1cc2c(c(C3(NC(=O)c4cc(OC)ccc4C)CC3)c1)CCCN2.CN1C=CC1. The largest absolute Gasteiger partial charge is 0.497 e. The van der Waals surface area contributed by atoms with Gasteiger partial charge in [0.05, 0.1) is 12.6 Å². The Morgan fingerprint density at radius 3 is 2.62 bits per heavy atom. The van der Waals surface area contributed by atoms with Crippen molar-refractivity contribution < 1.29 is 9.53 Å². The molecule has 0 unspecified atom stereocenters. The Morgan fingerprint density at radius 1 is 1.28 bits per heavy atom. The Balaban J connectivity index is 0.000000433. The molecule has 2 N–H and O–H groups in total. The first-order valence-electron chi connectivity index (χ1n) is 11.3. The van der Waals surface area contributed by atoms with Crippen LogP contribution in [-0.2, 0) is 12.0 Å². The molecule has 0 radical (unpaired) electrons. The van der Waals surface area contributed by atoms with Crippen LogP contribution in [0.15, 0.2) is 49.2 Å². The standard InChI is InChI=1S/C23H26N2O2.C4H7N/c1-4-16-12-20(18-6-5-11-24-21(18)13-16)23(9-10-23)25-22(26)19-14-17(27-3)8-7-15(19)2;1-5-3-2-4-5/h4,7-8,12-14,24H,1,5-6,9-11H2,2-3H3,(H,25,26);2-3H,4H2,1H3. The summed E-state index contributed by atoms with van der Waals surface area (Å²) in [4.78, 5) is 15.2. The molecule has 5 nitrogen and oxygen atoms in total. The van der Waals surface area contributed by atoms with E-state index in [1.807, 2.05) is 31.2 Å². The average molecular weight is 432 g/mol. The highest BCUT2D eigenvalue weighted by atomic mass is 16.5. The van der Waals surface area contributed by atoms with Crippen molar-refractivity contribution in [3.8, 4) is 5.75 Å². The number of likely N-dealkylation sites (N-methyl/N-ethyl adjacent to an activating group) is 1. The first kappa shape index (κ1) is 22.0. The van der Waals surface area contributed by atoms with E-state index in [0.717, 1.165) is 49.9 Å². The number of ether oxygens (including phenoxy) is 1. The van der Waals surface area contributed by atoms with E-state index in [2.05, 4.69) is 53.6 Å². The zero-order valence-corrected chi connectivity index (χ0v) is 19.3. The summed E-state index contributed by atoms with van der Waals surface area (Å²) in [6, 6.07) is 9.99. The van der Waals surface area contributed by atoms with Gasteiger partial charge in [-0.1, -0.05) is 18.7 Å². The molecule has 5 heteroatoms. The minimum absolute atomic E-state index is 0.0366. The third kappa shape index (κ3) is 4.52. The lowest BCUT2D eigenvalue weighted by atomic mass is 9.89. The molecule has 1 aliphatic carbocycles. The van der Waals surface area contributed by atoms with Gasteiger partial charge in [-0.25, -0.2) is 0 Å². The number of anilines is 1. The average Bonchev–Trinajstić information content (AvgIpc) is 3.57. The lowest BCUT2D eigenvalue weighted by Crippen LogP contribution is -2.36. The van der Waals surface area contributed by atoms with Crippen molar-refractivity contribution in [2.45, 2.75) is 38.1 Å². The molecule has 3 aliphatic rings. The highest BCUT2D eigenvalue weighted by Crippen LogP contribution is 2.49. The molecule has 1 fully saturated rings. The second kappa shape index (κ2) is 9.11. The van der Waals surface area contributed by atoms with Gasteiger partial charge in [-0.15, -0.1) is 0 Å². The number of carbonyl (C=O) groups is 1. The van der Waals surface area contributed by atoms with E-state index in [9.17, 15) is 4.79 Å². The smallest absolute Gasteiger partial charge is 0.252 e. The van der Waals surface area contributed by atoms with Gasteiger partial charge in [0.25, 0.3) is 5.91 Å². The fraction of sp³-hybridized carbons (Fsp3) is 0.370. The molecule has 168 valence electrons. The van der Waals surface area contributed by atoms with Gasteiger partial charge in [0.1, 0.15) is 5.75 Å². The Hall–Kier alpha value is -3.21. The summed E-state index contributed by atoms with van der Waals surface area (Å²) in [5.74, 6) is 0.663. The van der Waals surface area contributed by atoms with Gasteiger partial charge in [0, 0.05) is 31.4 Å². The molecule has 2 aromatic carbocycles. The molecular formula is C27H33N3O2. The molecule has 0 atom stereocenters. The number of nitrogens with zero attached hydrogens (tertiary/aromatic N) is 1. The lowest BCUT2D eigenvalue weighted by molar-refractivity contribution is 0.0929. The molecule has 0 saturated heterocycles. The molecule has 1 amide bonds. The zero-order chi connectivity index (χ0) is 22.7. The number of fused-ring (bicyclic) bond motifs is 1. The van der Waals surface area contributed by atoms with Gasteiger partial charge in [-0.3, -0.25) is 4.79 Å². The highest BCUT2D eigenvalue weighted by molar-refractivity contribution is 5.97. The van der Waals surface area contributed by atoms with Crippen LogP contribution in [0.1, 0.15) is 51.9 Å². The summed E-state index contributed by atoms with van der Waals surface area (Å²) in [7, 11) is 3.68. The number of methoxy groups -OCH3 is 1. The molecule has 0 bridgehead atoms. The van der Waals surface area contributed by atoms with Gasteiger partial charge >= 0.3 is 0 Å². The first-order chi connectivity index (χ1) is 15.5. The Labute approximate surface area is 191 Å². The van der Waals surface area contributed by atoms with Gasteiger partial charge < -0.3 is 20.3 Å². The van der Waals surface area contributed by atoms with Crippen LogP contribution in [-0.4, -0.2) is 38.1 Å². The lowest BCUT2D eigenvalue weighted by Gasteiger charge is -2.27. The van der Waals surface area contributed by atoms with E-state index in [4.69, 9.17) is 4.74 Å². The van der Waals surface area contributed by atoms with E-state index in [1.54, 1.807) is 7.11 Å². The summed E-state index contributed by atoms with van der Waals surface area (Å²) in [5.41, 5.74) is 6.22. The topological polar surface area (TPSA) is 53.6 Å². The summed E-state index contributed by atoms with van der Waals surface area (Å²) in [6.07, 6.45) is 10.2. The molecule has 0 spiro atoms. The molecule has 32 heavy (non-hydrogen) atoms. The number of rotatable bonds is 5. The number of aryl methyl sites for hydroxylation is 1. The molecule has 2 aromatic rings. The number of benzene rings is 2. The third-order valence-corrected chi connectivity index (χ3v) is 6.49. The first-order valence-corrected chi connectivity index (χ1v) is 11.3. The zero-order valence-electron chi connectivity index (χ0n) is 19.3. The number of hydrogen-bond donors (Lipinski definition) is 2. The maximum atomic E-state index is 13.1. The van der Waals surface area contributed by atoms with Gasteiger partial charge in [-0.05, 0) is 91.4 Å². The van der Waals surface area contributed by atoms with E-state index < -0.39 is 0 Å². The van der Waals surface area contributed by atoms with Crippen LogP contribution in [0.3, 0.4) is 0 Å². The Bertz CT molecular complexity index is 1050. The summed E-state index contributed by atoms with van der Waals surface area (Å²) in [5, 5.41) is 6.85. The van der Waals surface area contributed by atoms with Crippen LogP contribution in [0.4, 0.5) is 5.69 Å². The number of nitrogens with one attached hydrogen (secondary N) is 2. The number of amides is 1. The second-order valence-electron chi connectivity index (χ2n) is 8.87. The van der Waals surface area contributed by atoms with E-state index >= 15 is 0 Å². The minimum atomic E-state index is -0.269. The Morgan fingerprint density at radius 2 is 2.03 bits per heavy atom. The molecule has 2 aliphatic heterocycles. The van der Waals surface area contributed by atoms with Crippen LogP contribution < -0.4 is 15.4 Å². The van der Waals surface area contributed by atoms with Gasteiger partial charge in [0.15, 0.2) is 0 Å². The molecule has 0 aromatic heterocycles. The van der Waals surface area contributed by atoms with Crippen LogP contribution in [0, 0.1) is 6.92 Å². The fourth-order valence-corrected chi connectivity index (χ4v) is 4.31. The van der Waals surface area contributed by atoms with Crippen molar-refractivity contribution in [2.75, 3.05) is 32.6 Å². The summed E-state index contributed by atoms with van der Waals surface area (Å²) < 4.78 is 5.30. The van der Waals surface area contributed by atoms with E-state index in [-0.39, 0.29) is 11.4 Å². The minimum Gasteiger partial charge on any atom is -0.497 e. The van der Waals surface area contributed by atoms with Crippen molar-refractivity contribution in [1.82, 2.24) is 10.2 Å². The second-order valence-corrected chi connectivity index (χ2v) is 8.87. The predicted molar refractivity (Wildman–Crippen MR) is 131 cm³/mol. The quantitative estimate of drug-likeness (QED) is 0.709. The number of hydrogen-bond acceptors (Lipinski definition) is 4. The molecular weight excluding hydrogens is 398 g/mol. The van der Waals surface area contributed by atoms with E-state index in [1.165, 1.54) is 16.8 Å². The molecule has 1 saturated carbocycles. The maximum Gasteiger partial charge on any atom is 0.252 e. The van der Waals surface area contributed by atoms with Crippen molar-refractivity contribution in [1.29, 1.82) is 0 Å². The van der Waals surface area contributed by atoms with Gasteiger partial charge in [0.2, 0.25) is 0 Å². The summed E-state index contributed by atoms with van der Waals surface area (Å²) >= 11 is 0. The van der Waals surface area contributed by atoms with Crippen molar-refractivity contribution in [3.63, 3.8) is 0 Å². The number of carbonyl (C=O) groups excluding carboxylic acids is 1. The maximum absolute atomic E-state index is 13.1. The van der Waals surface area contributed by atoms with Crippen molar-refractivity contribution >= 4 is 17.7 Å². The predicted octanol–water partition coefficient (Wildman–Crippen LogP) is 4.87. The summed E-state index contributed by atoms with van der Waals surface area (Å²) in [6.45, 7) is 8.02. The third-order valence-electron chi connectivity index (χ3n) is 6.49. The van der Waals surface area contributed by atoms with Crippen LogP contribution >= 0.6 is 0 Å². The van der Waals surface area contributed by atoms with Crippen LogP contribution in [0.5, 0.6) is 5.75 Å².